The van der Waals surface area contributed by atoms with E-state index in [4.69, 9.17) is 9.47 Å². The normalized spacial score (nSPS) is 20.3. The molecule has 0 aromatic carbocycles. The summed E-state index contributed by atoms with van der Waals surface area (Å²) in [6.07, 6.45) is 36.9. The van der Waals surface area contributed by atoms with E-state index in [9.17, 15) is 38.2 Å². The van der Waals surface area contributed by atoms with Crippen molar-refractivity contribution < 1.29 is 51.8 Å². The molecule has 0 spiro atoms. The molecule has 1 amide bonds. The number of hydrogen-bond donors (Lipinski definition) is 6. The molecule has 0 aliphatic carbocycles. The summed E-state index contributed by atoms with van der Waals surface area (Å²) in [5.41, 5.74) is 0. The van der Waals surface area contributed by atoms with E-state index in [2.05, 4.69) is 23.3 Å². The van der Waals surface area contributed by atoms with Crippen molar-refractivity contribution in [2.75, 3.05) is 13.2 Å². The predicted molar refractivity (Wildman–Crippen MR) is 255 cm³/mol. The molecular formula is C50H99NO11S. The van der Waals surface area contributed by atoms with Crippen LogP contribution in [-0.2, 0) is 28.9 Å². The molecule has 7 unspecified atom stereocenters. The van der Waals surface area contributed by atoms with Gasteiger partial charge in [-0.3, -0.25) is 9.35 Å². The third-order valence-electron chi connectivity index (χ3n) is 12.9. The summed E-state index contributed by atoms with van der Waals surface area (Å²) in [6.45, 7) is 3.46. The number of ether oxygens (including phenoxy) is 2. The largest absolute Gasteiger partial charge is 0.397 e. The first-order valence-electron chi connectivity index (χ1n) is 26.4. The van der Waals surface area contributed by atoms with Gasteiger partial charge in [0, 0.05) is 6.42 Å². The van der Waals surface area contributed by atoms with Crippen LogP contribution in [0, 0.1) is 0 Å². The van der Waals surface area contributed by atoms with E-state index in [-0.39, 0.29) is 12.5 Å². The molecule has 1 rings (SSSR count). The predicted octanol–water partition coefficient (Wildman–Crippen LogP) is 11.3. The molecule has 7 atom stereocenters. The first kappa shape index (κ1) is 60.1. The highest BCUT2D eigenvalue weighted by molar-refractivity contribution is 7.80. The van der Waals surface area contributed by atoms with Gasteiger partial charge in [-0.15, -0.1) is 0 Å². The van der Waals surface area contributed by atoms with Crippen molar-refractivity contribution in [1.82, 2.24) is 5.32 Å². The van der Waals surface area contributed by atoms with Crippen LogP contribution < -0.4 is 5.32 Å². The van der Waals surface area contributed by atoms with E-state index in [0.29, 0.717) is 12.8 Å². The molecule has 0 radical (unpaired) electrons. The average Bonchev–Trinajstić information content (AvgIpc) is 3.25. The maximum atomic E-state index is 13.1. The zero-order valence-electron chi connectivity index (χ0n) is 40.4. The molecule has 13 heteroatoms. The van der Waals surface area contributed by atoms with Gasteiger partial charge in [-0.2, -0.15) is 8.42 Å². The minimum atomic E-state index is -5.07. The number of unbranched alkanes of at least 4 members (excludes halogenated alkanes) is 34. The Morgan fingerprint density at radius 2 is 0.921 bits per heavy atom. The summed E-state index contributed by atoms with van der Waals surface area (Å²) in [7, 11) is -5.07. The molecule has 376 valence electrons. The van der Waals surface area contributed by atoms with E-state index in [0.717, 1.165) is 51.4 Å². The Balaban J connectivity index is 2.30. The maximum Gasteiger partial charge on any atom is 0.397 e. The highest BCUT2D eigenvalue weighted by Gasteiger charge is 2.48. The third-order valence-corrected chi connectivity index (χ3v) is 13.4. The van der Waals surface area contributed by atoms with Crippen LogP contribution in [0.1, 0.15) is 258 Å². The number of rotatable bonds is 46. The van der Waals surface area contributed by atoms with Gasteiger partial charge in [0.2, 0.25) is 5.91 Å². The van der Waals surface area contributed by atoms with Crippen LogP contribution in [0.5, 0.6) is 0 Å². The van der Waals surface area contributed by atoms with Gasteiger partial charge in [-0.25, -0.2) is 4.18 Å². The average molecular weight is 922 g/mol. The summed E-state index contributed by atoms with van der Waals surface area (Å²) in [4.78, 5) is 13.1. The number of aliphatic hydroxyl groups excluding tert-OH is 4. The second-order valence-electron chi connectivity index (χ2n) is 18.8. The van der Waals surface area contributed by atoms with Gasteiger partial charge in [0.15, 0.2) is 6.29 Å². The second-order valence-corrected chi connectivity index (χ2v) is 19.9. The fraction of sp³-hybridized carbons (Fsp3) is 0.980. The van der Waals surface area contributed by atoms with Crippen molar-refractivity contribution in [2.45, 2.75) is 301 Å². The smallest absolute Gasteiger partial charge is 0.394 e. The van der Waals surface area contributed by atoms with E-state index < -0.39 is 59.9 Å². The van der Waals surface area contributed by atoms with Crippen molar-refractivity contribution in [3.05, 3.63) is 0 Å². The van der Waals surface area contributed by atoms with Crippen LogP contribution in [0.3, 0.4) is 0 Å². The molecule has 12 nitrogen and oxygen atoms in total. The molecule has 1 aliphatic rings. The van der Waals surface area contributed by atoms with Crippen molar-refractivity contribution >= 4 is 16.3 Å². The highest BCUT2D eigenvalue weighted by Crippen LogP contribution is 2.26. The number of amides is 1. The quantitative estimate of drug-likeness (QED) is 0.0251. The Bertz CT molecular complexity index is 1130. The van der Waals surface area contributed by atoms with Gasteiger partial charge in [-0.1, -0.05) is 239 Å². The minimum Gasteiger partial charge on any atom is -0.394 e. The molecule has 1 saturated heterocycles. The monoisotopic (exact) mass is 922 g/mol. The van der Waals surface area contributed by atoms with E-state index in [1.807, 2.05) is 0 Å². The van der Waals surface area contributed by atoms with Crippen molar-refractivity contribution in [3.8, 4) is 0 Å². The fourth-order valence-corrected chi connectivity index (χ4v) is 9.32. The lowest BCUT2D eigenvalue weighted by molar-refractivity contribution is -0.298. The molecule has 0 aromatic heterocycles. The van der Waals surface area contributed by atoms with Crippen molar-refractivity contribution in [1.29, 1.82) is 0 Å². The summed E-state index contributed by atoms with van der Waals surface area (Å²) in [5, 5.41) is 44.9. The first-order valence-corrected chi connectivity index (χ1v) is 27.8. The number of carbonyl (C=O) groups excluding carboxylic acids is 1. The lowest BCUT2D eigenvalue weighted by Crippen LogP contribution is -2.61. The topological polar surface area (TPSA) is 192 Å². The fourth-order valence-electron chi connectivity index (χ4n) is 8.81. The Morgan fingerprint density at radius 3 is 1.27 bits per heavy atom. The van der Waals surface area contributed by atoms with Crippen LogP contribution >= 0.6 is 0 Å². The molecule has 0 saturated carbocycles. The number of nitrogens with one attached hydrogen (secondary N) is 1. The maximum absolute atomic E-state index is 13.1. The summed E-state index contributed by atoms with van der Waals surface area (Å²) in [6, 6.07) is -0.851. The number of hydrogen-bond acceptors (Lipinski definition) is 10. The molecule has 1 fully saturated rings. The molecule has 0 aromatic rings. The van der Waals surface area contributed by atoms with Crippen LogP contribution in [0.2, 0.25) is 0 Å². The molecule has 6 N–H and O–H groups in total. The Hall–Kier alpha value is -0.900. The molecule has 63 heavy (non-hydrogen) atoms. The minimum absolute atomic E-state index is 0.225. The summed E-state index contributed by atoms with van der Waals surface area (Å²) < 4.78 is 47.7. The van der Waals surface area contributed by atoms with Crippen LogP contribution in [-0.4, -0.2) is 95.4 Å². The molecular weight excluding hydrogens is 823 g/mol. The van der Waals surface area contributed by atoms with Gasteiger partial charge in [0.05, 0.1) is 25.4 Å². The van der Waals surface area contributed by atoms with Crippen molar-refractivity contribution in [2.24, 2.45) is 0 Å². The van der Waals surface area contributed by atoms with E-state index >= 15 is 0 Å². The van der Waals surface area contributed by atoms with Crippen LogP contribution in [0.15, 0.2) is 0 Å². The van der Waals surface area contributed by atoms with Gasteiger partial charge in [0.1, 0.15) is 24.4 Å². The molecule has 1 heterocycles. The zero-order valence-corrected chi connectivity index (χ0v) is 41.2. The SMILES string of the molecule is CCCCCCCCCCCCCCCCCCCCCCCCCCCC(=O)NC(COC1OC(CO)C(O)C(OS(=O)(=O)O)C1O)C(O)CCCCCCCCCCCCC. The third kappa shape index (κ3) is 34.1. The summed E-state index contributed by atoms with van der Waals surface area (Å²) >= 11 is 0. The van der Waals surface area contributed by atoms with Crippen molar-refractivity contribution in [3.63, 3.8) is 0 Å². The van der Waals surface area contributed by atoms with Crippen LogP contribution in [0.4, 0.5) is 0 Å². The number of aliphatic hydroxyl groups is 4. The summed E-state index contributed by atoms with van der Waals surface area (Å²) in [5.74, 6) is -0.225. The first-order chi connectivity index (χ1) is 30.5. The van der Waals surface area contributed by atoms with Gasteiger partial charge >= 0.3 is 10.4 Å². The molecule has 0 bridgehead atoms. The number of carbonyl (C=O) groups is 1. The zero-order chi connectivity index (χ0) is 46.2. The second kappa shape index (κ2) is 41.3. The molecule has 1 aliphatic heterocycles. The van der Waals surface area contributed by atoms with Gasteiger partial charge in [0.25, 0.3) is 0 Å². The standard InChI is InChI=1S/C50H99NO11S/c1-3-5-7-9-11-13-15-16-17-18-19-20-21-22-23-24-25-26-27-28-30-32-34-36-38-40-46(54)51-43(44(53)39-37-35-33-31-29-14-12-10-8-6-4-2)42-60-50-48(56)49(62-63(57,58)59)47(55)45(41-52)61-50/h43-45,47-50,52-53,55-56H,3-42H2,1-2H3,(H,51,54)(H,57,58,59). The van der Waals surface area contributed by atoms with Gasteiger partial charge in [-0.05, 0) is 12.8 Å². The Morgan fingerprint density at radius 1 is 0.571 bits per heavy atom. The van der Waals surface area contributed by atoms with Crippen LogP contribution in [0.25, 0.3) is 0 Å². The van der Waals surface area contributed by atoms with E-state index in [1.54, 1.807) is 0 Å². The Kier molecular flexibility index (Phi) is 39.4. The highest BCUT2D eigenvalue weighted by atomic mass is 32.3. The van der Waals surface area contributed by atoms with E-state index in [1.165, 1.54) is 180 Å². The lowest BCUT2D eigenvalue weighted by Gasteiger charge is -2.41. The Labute approximate surface area is 386 Å². The van der Waals surface area contributed by atoms with Gasteiger partial charge < -0.3 is 35.2 Å². The lowest BCUT2D eigenvalue weighted by atomic mass is 9.99.